The molecular weight excluding hydrogens is 291 g/mol. The summed E-state index contributed by atoms with van der Waals surface area (Å²) < 4.78 is 13.5. The maximum atomic E-state index is 13.5. The number of phenolic OH excluding ortho intramolecular Hbond substituents is 1. The summed E-state index contributed by atoms with van der Waals surface area (Å²) >= 11 is 0. The standard InChI is InChI=1S/C15H9FO2.CH2O3/c16-13-4-2-1-3-11(13)15(18)12-7-9-5-6-10(9)8-14(12)17;2-1(3)4/h1-8,17H;(H2,2,3,4). The van der Waals surface area contributed by atoms with Crippen LogP contribution in [0.4, 0.5) is 9.18 Å². The van der Waals surface area contributed by atoms with E-state index in [2.05, 4.69) is 0 Å². The molecule has 0 saturated heterocycles. The molecular formula is C16H11FO5. The van der Waals surface area contributed by atoms with Gasteiger partial charge in [-0.3, -0.25) is 4.79 Å². The largest absolute Gasteiger partial charge is 0.507 e. The number of halogens is 1. The molecule has 0 bridgehead atoms. The first-order chi connectivity index (χ1) is 10.4. The second kappa shape index (κ2) is 6.09. The number of hydrogen-bond donors (Lipinski definition) is 3. The number of aromatic hydroxyl groups is 1. The van der Waals surface area contributed by atoms with Crippen molar-refractivity contribution in [3.8, 4) is 5.75 Å². The molecule has 0 fully saturated rings. The highest BCUT2D eigenvalue weighted by Gasteiger charge is 2.19. The van der Waals surface area contributed by atoms with Gasteiger partial charge >= 0.3 is 6.16 Å². The molecule has 1 aliphatic rings. The van der Waals surface area contributed by atoms with Crippen molar-refractivity contribution in [3.05, 3.63) is 64.5 Å². The highest BCUT2D eigenvalue weighted by molar-refractivity contribution is 6.11. The van der Waals surface area contributed by atoms with E-state index >= 15 is 0 Å². The molecule has 3 rings (SSSR count). The lowest BCUT2D eigenvalue weighted by molar-refractivity contribution is 0.103. The van der Waals surface area contributed by atoms with Crippen molar-refractivity contribution in [2.45, 2.75) is 0 Å². The first-order valence-electron chi connectivity index (χ1n) is 6.16. The number of carbonyl (C=O) groups excluding carboxylic acids is 1. The summed E-state index contributed by atoms with van der Waals surface area (Å²) in [6.45, 7) is 0. The van der Waals surface area contributed by atoms with Crippen molar-refractivity contribution in [2.24, 2.45) is 0 Å². The molecule has 2 aromatic rings. The fraction of sp³-hybridized carbons (Fsp3) is 0. The van der Waals surface area contributed by atoms with Crippen LogP contribution in [0.15, 0.2) is 36.4 Å². The second-order valence-electron chi connectivity index (χ2n) is 4.42. The number of fused-ring (bicyclic) bond motifs is 1. The van der Waals surface area contributed by atoms with Crippen LogP contribution in [-0.4, -0.2) is 27.3 Å². The molecule has 0 saturated carbocycles. The van der Waals surface area contributed by atoms with Crippen LogP contribution < -0.4 is 0 Å². The smallest absolute Gasteiger partial charge is 0.503 e. The van der Waals surface area contributed by atoms with Crippen molar-refractivity contribution in [3.63, 3.8) is 0 Å². The second-order valence-corrected chi connectivity index (χ2v) is 4.42. The van der Waals surface area contributed by atoms with E-state index in [-0.39, 0.29) is 16.9 Å². The van der Waals surface area contributed by atoms with Gasteiger partial charge in [-0.1, -0.05) is 24.3 Å². The average molecular weight is 302 g/mol. The van der Waals surface area contributed by atoms with Gasteiger partial charge in [0.2, 0.25) is 0 Å². The Kier molecular flexibility index (Phi) is 4.22. The van der Waals surface area contributed by atoms with Gasteiger partial charge in [0, 0.05) is 0 Å². The number of hydrogen-bond acceptors (Lipinski definition) is 3. The molecule has 2 aromatic carbocycles. The Morgan fingerprint density at radius 1 is 0.909 bits per heavy atom. The lowest BCUT2D eigenvalue weighted by Crippen LogP contribution is -2.06. The van der Waals surface area contributed by atoms with Crippen LogP contribution in [-0.2, 0) is 0 Å². The minimum absolute atomic E-state index is 0.0314. The van der Waals surface area contributed by atoms with Crippen molar-refractivity contribution >= 4 is 24.1 Å². The molecule has 3 N–H and O–H groups in total. The van der Waals surface area contributed by atoms with E-state index in [9.17, 15) is 14.3 Å². The van der Waals surface area contributed by atoms with Gasteiger partial charge in [0.05, 0.1) is 11.1 Å². The summed E-state index contributed by atoms with van der Waals surface area (Å²) in [4.78, 5) is 20.7. The van der Waals surface area contributed by atoms with E-state index < -0.39 is 17.8 Å². The maximum Gasteiger partial charge on any atom is 0.503 e. The third kappa shape index (κ3) is 3.12. The third-order valence-electron chi connectivity index (χ3n) is 3.01. The Bertz CT molecular complexity index is 776. The fourth-order valence-electron chi connectivity index (χ4n) is 1.97. The summed E-state index contributed by atoms with van der Waals surface area (Å²) in [6, 6.07) is 8.85. The molecule has 0 amide bonds. The van der Waals surface area contributed by atoms with E-state index in [1.807, 2.05) is 12.2 Å². The molecule has 0 unspecified atom stereocenters. The van der Waals surface area contributed by atoms with Crippen LogP contribution >= 0.6 is 0 Å². The quantitative estimate of drug-likeness (QED) is 0.630. The number of carboxylic acid groups (broad SMARTS) is 2. The van der Waals surface area contributed by atoms with Crippen molar-refractivity contribution in [1.82, 2.24) is 0 Å². The monoisotopic (exact) mass is 302 g/mol. The molecule has 0 spiro atoms. The molecule has 112 valence electrons. The van der Waals surface area contributed by atoms with Gasteiger partial charge in [-0.05, 0) is 35.4 Å². The van der Waals surface area contributed by atoms with E-state index in [1.54, 1.807) is 12.1 Å². The normalized spacial score (nSPS) is 10.8. The van der Waals surface area contributed by atoms with Crippen LogP contribution in [0.5, 0.6) is 5.75 Å². The minimum Gasteiger partial charge on any atom is -0.507 e. The topological polar surface area (TPSA) is 94.8 Å². The molecule has 0 radical (unpaired) electrons. The Morgan fingerprint density at radius 2 is 1.45 bits per heavy atom. The number of ketones is 1. The van der Waals surface area contributed by atoms with Gasteiger partial charge in [0.25, 0.3) is 0 Å². The molecule has 22 heavy (non-hydrogen) atoms. The average Bonchev–Trinajstić information content (AvgIpc) is 2.42. The van der Waals surface area contributed by atoms with E-state index in [1.165, 1.54) is 24.3 Å². The van der Waals surface area contributed by atoms with Gasteiger partial charge in [0.1, 0.15) is 11.6 Å². The SMILES string of the molecule is O=C(O)O.O=C(c1cc2c(cc1O)C=C2)c1ccccc1F. The first kappa shape index (κ1) is 15.2. The molecule has 0 heterocycles. The summed E-state index contributed by atoms with van der Waals surface area (Å²) in [6.07, 6.45) is 1.85. The van der Waals surface area contributed by atoms with Crippen LogP contribution in [0, 0.1) is 5.82 Å². The Labute approximate surface area is 124 Å². The van der Waals surface area contributed by atoms with E-state index in [0.29, 0.717) is 0 Å². The molecule has 6 heteroatoms. The van der Waals surface area contributed by atoms with Gasteiger partial charge < -0.3 is 15.3 Å². The van der Waals surface area contributed by atoms with E-state index in [4.69, 9.17) is 15.0 Å². The van der Waals surface area contributed by atoms with Crippen molar-refractivity contribution < 1.29 is 29.3 Å². The fourth-order valence-corrected chi connectivity index (χ4v) is 1.97. The number of carbonyl (C=O) groups is 2. The van der Waals surface area contributed by atoms with Crippen molar-refractivity contribution in [2.75, 3.05) is 0 Å². The van der Waals surface area contributed by atoms with Gasteiger partial charge in [0.15, 0.2) is 5.78 Å². The number of phenols is 1. The van der Waals surface area contributed by atoms with Gasteiger partial charge in [-0.15, -0.1) is 0 Å². The molecule has 0 aromatic heterocycles. The zero-order valence-electron chi connectivity index (χ0n) is 11.2. The van der Waals surface area contributed by atoms with Gasteiger partial charge in [-0.25, -0.2) is 9.18 Å². The summed E-state index contributed by atoms with van der Waals surface area (Å²) in [5, 5.41) is 23.7. The minimum atomic E-state index is -1.83. The molecule has 5 nitrogen and oxygen atoms in total. The highest BCUT2D eigenvalue weighted by Crippen LogP contribution is 2.32. The predicted molar refractivity (Wildman–Crippen MR) is 77.5 cm³/mol. The molecule has 0 atom stereocenters. The molecule has 1 aliphatic carbocycles. The van der Waals surface area contributed by atoms with Crippen LogP contribution in [0.25, 0.3) is 12.2 Å². The van der Waals surface area contributed by atoms with Crippen LogP contribution in [0.2, 0.25) is 0 Å². The van der Waals surface area contributed by atoms with Gasteiger partial charge in [-0.2, -0.15) is 0 Å². The van der Waals surface area contributed by atoms with Crippen LogP contribution in [0.1, 0.15) is 27.0 Å². The van der Waals surface area contributed by atoms with E-state index in [0.717, 1.165) is 11.1 Å². The Hall–Kier alpha value is -3.15. The third-order valence-corrected chi connectivity index (χ3v) is 3.01. The first-order valence-corrected chi connectivity index (χ1v) is 6.16. The predicted octanol–water partition coefficient (Wildman–Crippen LogP) is 3.47. The lowest BCUT2D eigenvalue weighted by Gasteiger charge is -2.13. The summed E-state index contributed by atoms with van der Waals surface area (Å²) in [5.41, 5.74) is 1.87. The number of benzene rings is 2. The maximum absolute atomic E-state index is 13.5. The van der Waals surface area contributed by atoms with Crippen molar-refractivity contribution in [1.29, 1.82) is 0 Å². The molecule has 0 aliphatic heterocycles. The zero-order chi connectivity index (χ0) is 16.3. The Morgan fingerprint density at radius 3 is 2.00 bits per heavy atom. The Balaban J connectivity index is 0.000000396. The highest BCUT2D eigenvalue weighted by atomic mass is 19.1. The lowest BCUT2D eigenvalue weighted by atomic mass is 9.92. The summed E-state index contributed by atoms with van der Waals surface area (Å²) in [7, 11) is 0. The zero-order valence-corrected chi connectivity index (χ0v) is 11.2. The summed E-state index contributed by atoms with van der Waals surface area (Å²) in [5.74, 6) is -1.21. The van der Waals surface area contributed by atoms with Crippen LogP contribution in [0.3, 0.4) is 0 Å². The number of rotatable bonds is 2.